The number of hydrogen-bond acceptors (Lipinski definition) is 5. The first-order valence-corrected chi connectivity index (χ1v) is 11.3. The Labute approximate surface area is 178 Å². The molecule has 2 aromatic heterocycles. The minimum Gasteiger partial charge on any atom is -0.365 e. The number of imidazole rings is 1. The van der Waals surface area contributed by atoms with Crippen LogP contribution in [0, 0.1) is 6.92 Å². The lowest BCUT2D eigenvalue weighted by Gasteiger charge is -2.37. The Morgan fingerprint density at radius 2 is 1.86 bits per heavy atom. The van der Waals surface area contributed by atoms with Crippen molar-refractivity contribution in [2.75, 3.05) is 45.2 Å². The van der Waals surface area contributed by atoms with Gasteiger partial charge in [-0.3, -0.25) is 4.72 Å². The highest BCUT2D eigenvalue weighted by molar-refractivity contribution is 7.97. The molecule has 0 unspecified atom stereocenters. The van der Waals surface area contributed by atoms with Crippen molar-refractivity contribution in [3.05, 3.63) is 24.2 Å². The van der Waals surface area contributed by atoms with E-state index in [4.69, 9.17) is 0 Å². The number of carbonyl (C=O) groups is 1. The first-order chi connectivity index (χ1) is 13.9. The number of rotatable bonds is 4. The van der Waals surface area contributed by atoms with Crippen LogP contribution in [0.2, 0.25) is 0 Å². The molecule has 0 atom stereocenters. The van der Waals surface area contributed by atoms with Crippen molar-refractivity contribution in [3.8, 4) is 0 Å². The monoisotopic (exact) mass is 418 g/mol. The lowest BCUT2D eigenvalue weighted by Crippen LogP contribution is -2.51. The maximum atomic E-state index is 12.2. The second kappa shape index (κ2) is 8.83. The normalized spacial score (nSPS) is 17.7. The first-order valence-electron chi connectivity index (χ1n) is 10.5. The fraction of sp³-hybridized carbons (Fsp3) is 0.619. The minimum absolute atomic E-state index is 0.0858. The number of aromatic nitrogens is 2. The van der Waals surface area contributed by atoms with Gasteiger partial charge in [-0.05, 0) is 44.7 Å². The molecule has 4 rings (SSSR count). The summed E-state index contributed by atoms with van der Waals surface area (Å²) in [6, 6.07) is 2.32. The number of hydrogen-bond donors (Lipinski definition) is 1. The van der Waals surface area contributed by atoms with Gasteiger partial charge in [-0.2, -0.15) is 0 Å². The van der Waals surface area contributed by atoms with Gasteiger partial charge in [-0.1, -0.05) is 13.8 Å². The van der Waals surface area contributed by atoms with Gasteiger partial charge < -0.3 is 19.1 Å². The standard InChI is InChI=1S/C19H28N6OS.C2H6/c1-14-12-20-17-16(23-7-9-24(10-8-23)18(26)22(3)4)11-15(13-25(14)17)27-21-19(2)5-6-19;1-2/h11-13,21H,5-10H2,1-4H3;1-2H3. The molecule has 1 aliphatic heterocycles. The molecule has 0 radical (unpaired) electrons. The Kier molecular flexibility index (Phi) is 6.63. The molecule has 2 fully saturated rings. The van der Waals surface area contributed by atoms with Crippen LogP contribution in [0.1, 0.15) is 39.3 Å². The minimum atomic E-state index is 0.0858. The number of nitrogens with zero attached hydrogens (tertiary/aromatic N) is 5. The van der Waals surface area contributed by atoms with E-state index >= 15 is 0 Å². The van der Waals surface area contributed by atoms with Crippen LogP contribution in [-0.2, 0) is 0 Å². The number of piperazine rings is 1. The van der Waals surface area contributed by atoms with Crippen LogP contribution in [0.15, 0.2) is 23.4 Å². The highest BCUT2D eigenvalue weighted by atomic mass is 32.2. The Morgan fingerprint density at radius 3 is 2.45 bits per heavy atom. The molecule has 7 nitrogen and oxygen atoms in total. The SMILES string of the molecule is CC.Cc1cnc2c(N3CCN(C(=O)N(C)C)CC3)cc(SNC3(C)CC3)cn12. The summed E-state index contributed by atoms with van der Waals surface area (Å²) in [4.78, 5) is 23.9. The number of amides is 2. The lowest BCUT2D eigenvalue weighted by atomic mass is 10.2. The first kappa shape index (κ1) is 21.8. The summed E-state index contributed by atoms with van der Waals surface area (Å²) < 4.78 is 5.77. The molecule has 160 valence electrons. The van der Waals surface area contributed by atoms with Gasteiger partial charge in [0.05, 0.1) is 5.69 Å². The van der Waals surface area contributed by atoms with Crippen molar-refractivity contribution >= 4 is 29.3 Å². The van der Waals surface area contributed by atoms with Crippen LogP contribution in [0.3, 0.4) is 0 Å². The topological polar surface area (TPSA) is 56.1 Å². The Hall–Kier alpha value is -1.93. The molecular formula is C21H34N6OS. The molecule has 0 bridgehead atoms. The Balaban J connectivity index is 0.00000117. The van der Waals surface area contributed by atoms with Crippen LogP contribution in [0.25, 0.3) is 5.65 Å². The van der Waals surface area contributed by atoms with Gasteiger partial charge in [0.25, 0.3) is 0 Å². The summed E-state index contributed by atoms with van der Waals surface area (Å²) in [6.07, 6.45) is 6.56. The van der Waals surface area contributed by atoms with Crippen LogP contribution >= 0.6 is 11.9 Å². The van der Waals surface area contributed by atoms with Gasteiger partial charge in [0.15, 0.2) is 5.65 Å². The van der Waals surface area contributed by atoms with Gasteiger partial charge in [-0.25, -0.2) is 9.78 Å². The van der Waals surface area contributed by atoms with E-state index < -0.39 is 0 Å². The highest BCUT2D eigenvalue weighted by Crippen LogP contribution is 2.38. The number of urea groups is 1. The van der Waals surface area contributed by atoms with Crippen molar-refractivity contribution in [3.63, 3.8) is 0 Å². The quantitative estimate of drug-likeness (QED) is 0.769. The van der Waals surface area contributed by atoms with Crippen molar-refractivity contribution in [2.24, 2.45) is 0 Å². The third-order valence-corrected chi connectivity index (χ3v) is 6.49. The van der Waals surface area contributed by atoms with Crippen LogP contribution in [-0.4, -0.2) is 71.0 Å². The molecule has 0 aromatic carbocycles. The molecule has 0 spiro atoms. The van der Waals surface area contributed by atoms with Gasteiger partial charge in [0.2, 0.25) is 0 Å². The highest BCUT2D eigenvalue weighted by Gasteiger charge is 2.37. The van der Waals surface area contributed by atoms with Gasteiger partial charge >= 0.3 is 6.03 Å². The molecule has 8 heteroatoms. The van der Waals surface area contributed by atoms with Crippen LogP contribution in [0.4, 0.5) is 10.5 Å². The summed E-state index contributed by atoms with van der Waals surface area (Å²) in [6.45, 7) is 11.5. The molecule has 2 amide bonds. The van der Waals surface area contributed by atoms with Crippen molar-refractivity contribution in [1.29, 1.82) is 0 Å². The molecule has 1 saturated carbocycles. The maximum absolute atomic E-state index is 12.2. The lowest BCUT2D eigenvalue weighted by molar-refractivity contribution is 0.168. The average molecular weight is 419 g/mol. The number of anilines is 1. The zero-order chi connectivity index (χ0) is 21.2. The number of nitrogens with one attached hydrogen (secondary N) is 1. The third-order valence-electron chi connectivity index (χ3n) is 5.43. The van der Waals surface area contributed by atoms with E-state index in [9.17, 15) is 4.79 Å². The summed E-state index contributed by atoms with van der Waals surface area (Å²) in [5.41, 5.74) is 3.55. The summed E-state index contributed by atoms with van der Waals surface area (Å²) in [5, 5.41) is 0. The second-order valence-corrected chi connectivity index (χ2v) is 8.95. The predicted octanol–water partition coefficient (Wildman–Crippen LogP) is 3.62. The van der Waals surface area contributed by atoms with Gasteiger partial charge in [-0.15, -0.1) is 0 Å². The molecule has 1 aliphatic carbocycles. The van der Waals surface area contributed by atoms with E-state index in [2.05, 4.69) is 45.1 Å². The van der Waals surface area contributed by atoms with E-state index in [0.29, 0.717) is 0 Å². The largest absolute Gasteiger partial charge is 0.365 e. The van der Waals surface area contributed by atoms with Gasteiger partial charge in [0, 0.05) is 68.8 Å². The summed E-state index contributed by atoms with van der Waals surface area (Å²) >= 11 is 1.71. The van der Waals surface area contributed by atoms with Crippen molar-refractivity contribution in [1.82, 2.24) is 23.9 Å². The predicted molar refractivity (Wildman–Crippen MR) is 121 cm³/mol. The molecule has 2 aliphatic rings. The van der Waals surface area contributed by atoms with E-state index in [-0.39, 0.29) is 11.6 Å². The maximum Gasteiger partial charge on any atom is 0.319 e. The fourth-order valence-corrected chi connectivity index (χ4v) is 4.24. The van der Waals surface area contributed by atoms with Crippen LogP contribution in [0.5, 0.6) is 0 Å². The summed E-state index contributed by atoms with van der Waals surface area (Å²) in [7, 11) is 3.61. The second-order valence-electron chi connectivity index (χ2n) is 8.07. The zero-order valence-corrected chi connectivity index (χ0v) is 19.3. The van der Waals surface area contributed by atoms with E-state index in [1.165, 1.54) is 17.7 Å². The molecule has 1 N–H and O–H groups in total. The summed E-state index contributed by atoms with van der Waals surface area (Å²) in [5.74, 6) is 0. The number of aryl methyl sites for hydroxylation is 1. The Bertz CT molecular complexity index is 852. The zero-order valence-electron chi connectivity index (χ0n) is 18.5. The molecule has 3 heterocycles. The van der Waals surface area contributed by atoms with E-state index in [0.717, 1.165) is 43.2 Å². The molecule has 29 heavy (non-hydrogen) atoms. The molecular weight excluding hydrogens is 384 g/mol. The fourth-order valence-electron chi connectivity index (χ4n) is 3.34. The van der Waals surface area contributed by atoms with Crippen LogP contribution < -0.4 is 9.62 Å². The van der Waals surface area contributed by atoms with Crippen molar-refractivity contribution in [2.45, 2.75) is 51.0 Å². The molecule has 1 saturated heterocycles. The Morgan fingerprint density at radius 1 is 1.21 bits per heavy atom. The van der Waals surface area contributed by atoms with E-state index in [1.54, 1.807) is 30.9 Å². The number of carbonyl (C=O) groups excluding carboxylic acids is 1. The van der Waals surface area contributed by atoms with Gasteiger partial charge in [0.1, 0.15) is 0 Å². The average Bonchev–Trinajstić information content (AvgIpc) is 3.37. The number of pyridine rings is 1. The number of fused-ring (bicyclic) bond motifs is 1. The van der Waals surface area contributed by atoms with E-state index in [1.807, 2.05) is 24.9 Å². The smallest absolute Gasteiger partial charge is 0.319 e. The van der Waals surface area contributed by atoms with Crippen molar-refractivity contribution < 1.29 is 4.79 Å². The molecule has 2 aromatic rings. The third kappa shape index (κ3) is 4.80.